The Bertz CT molecular complexity index is 1540. The zero-order chi connectivity index (χ0) is 40.7. The number of aryl methyl sites for hydroxylation is 2. The molecule has 55 heavy (non-hydrogen) atoms. The van der Waals surface area contributed by atoms with Crippen LogP contribution in [0.25, 0.3) is 0 Å². The summed E-state index contributed by atoms with van der Waals surface area (Å²) < 4.78 is 5.53. The number of unbranched alkanes of at least 4 members (excludes halogenated alkanes) is 1. The molecule has 1 aliphatic carbocycles. The van der Waals surface area contributed by atoms with Crippen molar-refractivity contribution < 1.29 is 48.2 Å². The quantitative estimate of drug-likeness (QED) is 0.0973. The van der Waals surface area contributed by atoms with Crippen molar-refractivity contribution in [2.24, 2.45) is 11.7 Å². The Hall–Kier alpha value is -4.86. The number of Topliss-reactive ketones (excluding diaryl/α,β-unsaturated/α-hetero) is 1. The second kappa shape index (κ2) is 21.9. The van der Waals surface area contributed by atoms with Crippen LogP contribution in [0.5, 0.6) is 0 Å². The van der Waals surface area contributed by atoms with Gasteiger partial charge in [-0.05, 0) is 51.0 Å². The Morgan fingerprint density at radius 1 is 0.873 bits per heavy atom. The van der Waals surface area contributed by atoms with Gasteiger partial charge >= 0.3 is 5.97 Å². The zero-order valence-corrected chi connectivity index (χ0v) is 32.4. The van der Waals surface area contributed by atoms with E-state index in [-0.39, 0.29) is 37.6 Å². The van der Waals surface area contributed by atoms with E-state index in [1.54, 1.807) is 6.92 Å². The van der Waals surface area contributed by atoms with Gasteiger partial charge in [0.25, 0.3) is 5.91 Å². The number of amides is 6. The third kappa shape index (κ3) is 14.1. The molecule has 1 aliphatic heterocycles. The smallest absolute Gasteiger partial charge is 0.329 e. The summed E-state index contributed by atoms with van der Waals surface area (Å²) in [5, 5.41) is 19.5. The minimum Gasteiger partial charge on any atom is -0.480 e. The lowest BCUT2D eigenvalue weighted by Crippen LogP contribution is -2.58. The first kappa shape index (κ1) is 44.5. The molecule has 1 saturated heterocycles. The topological polar surface area (TPSA) is 243 Å². The number of carboxylic acids is 1. The van der Waals surface area contributed by atoms with Gasteiger partial charge in [-0.2, -0.15) is 0 Å². The van der Waals surface area contributed by atoms with Crippen LogP contribution < -0.4 is 27.0 Å². The van der Waals surface area contributed by atoms with Gasteiger partial charge in [0.15, 0.2) is 0 Å². The summed E-state index contributed by atoms with van der Waals surface area (Å²) in [6.07, 6.45) is 5.39. The second-order valence-electron chi connectivity index (χ2n) is 14.7. The molecule has 0 aromatic heterocycles. The van der Waals surface area contributed by atoms with Gasteiger partial charge in [0.1, 0.15) is 24.7 Å². The molecule has 7 N–H and O–H groups in total. The van der Waals surface area contributed by atoms with Gasteiger partial charge in [0, 0.05) is 13.0 Å². The number of hydrogen-bond acceptors (Lipinski definition) is 9. The van der Waals surface area contributed by atoms with Crippen LogP contribution in [-0.4, -0.2) is 107 Å². The van der Waals surface area contributed by atoms with Crippen LogP contribution in [0.3, 0.4) is 0 Å². The fraction of sp³-hybridized carbons (Fsp3) is 0.641. The van der Waals surface area contributed by atoms with Gasteiger partial charge in [-0.15, -0.1) is 0 Å². The van der Waals surface area contributed by atoms with E-state index >= 15 is 0 Å². The van der Waals surface area contributed by atoms with Crippen LogP contribution in [0.15, 0.2) is 18.2 Å². The molecule has 1 aromatic rings. The van der Waals surface area contributed by atoms with Crippen molar-refractivity contribution in [2.45, 2.75) is 135 Å². The summed E-state index contributed by atoms with van der Waals surface area (Å²) in [6.45, 7) is 6.12. The Balaban J connectivity index is 1.79. The highest BCUT2D eigenvalue weighted by atomic mass is 16.5. The highest BCUT2D eigenvalue weighted by molar-refractivity contribution is 6.38. The van der Waals surface area contributed by atoms with Crippen LogP contribution in [0.1, 0.15) is 101 Å². The molecule has 16 heteroatoms. The molecule has 5 atom stereocenters. The number of nitrogens with zero attached hydrogens (tertiary/aromatic N) is 1. The molecule has 2 fully saturated rings. The van der Waals surface area contributed by atoms with Gasteiger partial charge in [-0.3, -0.25) is 33.6 Å². The van der Waals surface area contributed by atoms with Crippen molar-refractivity contribution in [3.8, 4) is 0 Å². The lowest BCUT2D eigenvalue weighted by molar-refractivity contribution is -0.145. The second-order valence-corrected chi connectivity index (χ2v) is 14.7. The highest BCUT2D eigenvalue weighted by Crippen LogP contribution is 2.30. The summed E-state index contributed by atoms with van der Waals surface area (Å²) in [5.41, 5.74) is 8.16. The maximum absolute atomic E-state index is 14.5. The molecule has 16 nitrogen and oxygen atoms in total. The third-order valence-electron chi connectivity index (χ3n) is 10.0. The van der Waals surface area contributed by atoms with Crippen LogP contribution in [0.4, 0.5) is 0 Å². The molecule has 6 amide bonds. The van der Waals surface area contributed by atoms with Crippen LogP contribution in [0, 0.1) is 19.8 Å². The van der Waals surface area contributed by atoms with E-state index in [0.717, 1.165) is 42.4 Å². The Morgan fingerprint density at radius 3 is 2.15 bits per heavy atom. The zero-order valence-electron chi connectivity index (χ0n) is 32.4. The molecule has 1 saturated carbocycles. The van der Waals surface area contributed by atoms with E-state index in [1.807, 2.05) is 39.0 Å². The minimum absolute atomic E-state index is 0.0440. The monoisotopic (exact) mass is 770 g/mol. The number of rotatable bonds is 21. The van der Waals surface area contributed by atoms with E-state index in [0.29, 0.717) is 32.1 Å². The van der Waals surface area contributed by atoms with Crippen molar-refractivity contribution in [1.29, 1.82) is 0 Å². The molecule has 3 unspecified atom stereocenters. The summed E-state index contributed by atoms with van der Waals surface area (Å²) in [4.78, 5) is 105. The number of nitrogens with two attached hydrogens (primary N) is 1. The largest absolute Gasteiger partial charge is 0.480 e. The molecule has 0 spiro atoms. The molecule has 1 aromatic carbocycles. The number of aliphatic carboxylic acids is 1. The number of ketones is 1. The van der Waals surface area contributed by atoms with Crippen LogP contribution in [-0.2, 0) is 49.5 Å². The van der Waals surface area contributed by atoms with Gasteiger partial charge in [-0.1, -0.05) is 81.7 Å². The van der Waals surface area contributed by atoms with E-state index in [9.17, 15) is 43.5 Å². The summed E-state index contributed by atoms with van der Waals surface area (Å²) in [6, 6.07) is 1.40. The minimum atomic E-state index is -1.31. The molecular formula is C39H58N6O10. The van der Waals surface area contributed by atoms with E-state index in [2.05, 4.69) is 21.3 Å². The van der Waals surface area contributed by atoms with Crippen molar-refractivity contribution in [3.63, 3.8) is 0 Å². The van der Waals surface area contributed by atoms with Gasteiger partial charge < -0.3 is 41.7 Å². The maximum Gasteiger partial charge on any atom is 0.329 e. The van der Waals surface area contributed by atoms with Gasteiger partial charge in [0.05, 0.1) is 25.1 Å². The number of carboxylic acid groups (broad SMARTS) is 1. The molecule has 2 aliphatic rings. The highest BCUT2D eigenvalue weighted by Gasteiger charge is 2.45. The number of ether oxygens (including phenoxy) is 1. The molecular weight excluding hydrogens is 712 g/mol. The van der Waals surface area contributed by atoms with Crippen molar-refractivity contribution in [3.05, 3.63) is 34.9 Å². The molecule has 0 bridgehead atoms. The predicted octanol–water partition coefficient (Wildman–Crippen LogP) is 1.11. The Kier molecular flexibility index (Phi) is 17.7. The number of hydrogen-bond donors (Lipinski definition) is 6. The molecule has 304 valence electrons. The maximum atomic E-state index is 14.5. The Labute approximate surface area is 322 Å². The first-order chi connectivity index (χ1) is 26.1. The van der Waals surface area contributed by atoms with E-state index in [4.69, 9.17) is 10.5 Å². The van der Waals surface area contributed by atoms with E-state index < -0.39 is 84.7 Å². The summed E-state index contributed by atoms with van der Waals surface area (Å²) >= 11 is 0. The third-order valence-corrected chi connectivity index (χ3v) is 10.0. The summed E-state index contributed by atoms with van der Waals surface area (Å²) in [5.74, 6) is -6.66. The first-order valence-electron chi connectivity index (χ1n) is 19.3. The number of likely N-dealkylation sites (tertiary alicyclic amines) is 1. The van der Waals surface area contributed by atoms with Gasteiger partial charge in [0.2, 0.25) is 35.3 Å². The summed E-state index contributed by atoms with van der Waals surface area (Å²) in [7, 11) is 0. The average molecular weight is 771 g/mol. The van der Waals surface area contributed by atoms with Crippen molar-refractivity contribution in [2.75, 3.05) is 19.7 Å². The molecule has 3 rings (SSSR count). The number of primary amides is 1. The van der Waals surface area contributed by atoms with Crippen molar-refractivity contribution in [1.82, 2.24) is 26.2 Å². The number of carbonyl (C=O) groups excluding carboxylic acids is 7. The lowest BCUT2D eigenvalue weighted by Gasteiger charge is -2.35. The number of benzene rings is 1. The number of nitrogens with one attached hydrogen (secondary N) is 4. The molecule has 0 radical (unpaired) electrons. The van der Waals surface area contributed by atoms with E-state index in [1.165, 1.54) is 4.90 Å². The average Bonchev–Trinajstić information content (AvgIpc) is 3.57. The Morgan fingerprint density at radius 2 is 1.55 bits per heavy atom. The van der Waals surface area contributed by atoms with Crippen molar-refractivity contribution >= 4 is 47.2 Å². The normalized spacial score (nSPS) is 18.7. The lowest BCUT2D eigenvalue weighted by atomic mass is 9.83. The SMILES string of the molecule is CCCCC(NC(=O)CNC(=O)C(=O)C(CCC)NC(=O)[C@@H]1C[C@@H](OCC(=O)O)CN1C(=O)C(NC(=O)Cc1cc(C)cc(C)c1)C1CCCCC1)C(N)=O. The number of carbonyl (C=O) groups is 8. The fourth-order valence-electron chi connectivity index (χ4n) is 7.38. The molecule has 1 heterocycles. The van der Waals surface area contributed by atoms with Gasteiger partial charge in [-0.25, -0.2) is 4.79 Å². The van der Waals surface area contributed by atoms with Crippen LogP contribution in [0.2, 0.25) is 0 Å². The first-order valence-corrected chi connectivity index (χ1v) is 19.3. The fourth-order valence-corrected chi connectivity index (χ4v) is 7.38. The predicted molar refractivity (Wildman–Crippen MR) is 201 cm³/mol. The van der Waals surface area contributed by atoms with Crippen LogP contribution >= 0.6 is 0 Å². The standard InChI is InChI=1S/C39H58N6O10/c1-5-7-14-29(36(40)51)42-32(47)20-41-38(53)35(50)28(11-6-2)43-37(52)30-19-27(55-22-33(48)49)21-45(30)39(54)34(26-12-9-8-10-13-26)44-31(46)18-25-16-23(3)15-24(4)17-25/h15-17,26-30,34H,5-14,18-22H2,1-4H3,(H2,40,51)(H,41,53)(H,42,47)(H,43,52)(H,44,46)(H,48,49)/t27-,28?,29?,30+,34?/m1/s1.